The van der Waals surface area contributed by atoms with Gasteiger partial charge in [-0.2, -0.15) is 0 Å². The Morgan fingerprint density at radius 1 is 1.04 bits per heavy atom. The minimum Gasteiger partial charge on any atom is -0.458 e. The van der Waals surface area contributed by atoms with E-state index in [-0.39, 0.29) is 24.6 Å². The van der Waals surface area contributed by atoms with Crippen LogP contribution in [0, 0.1) is 0 Å². The second kappa shape index (κ2) is 13.9. The fourth-order valence-electron chi connectivity index (χ4n) is 6.99. The average molecular weight is 675 g/mol. The number of esters is 1. The Bertz CT molecular complexity index is 1640. The van der Waals surface area contributed by atoms with Crippen LogP contribution in [0.1, 0.15) is 56.0 Å². The minimum absolute atomic E-state index is 0.115. The van der Waals surface area contributed by atoms with Gasteiger partial charge < -0.3 is 19.7 Å². The van der Waals surface area contributed by atoms with E-state index in [0.29, 0.717) is 69.1 Å². The molecule has 6 rings (SSSR count). The zero-order chi connectivity index (χ0) is 33.9. The van der Waals surface area contributed by atoms with Crippen LogP contribution < -0.4 is 10.6 Å². The molecule has 1 unspecified atom stereocenters. The number of thiophene rings is 1. The molecule has 4 amide bonds. The van der Waals surface area contributed by atoms with Crippen molar-refractivity contribution in [3.8, 4) is 10.6 Å². The molecule has 3 fully saturated rings. The van der Waals surface area contributed by atoms with Gasteiger partial charge in [0.25, 0.3) is 5.91 Å². The van der Waals surface area contributed by atoms with E-state index < -0.39 is 23.2 Å². The number of pyridine rings is 1. The number of hydrogen-bond donors (Lipinski definition) is 2. The van der Waals surface area contributed by atoms with Crippen molar-refractivity contribution < 1.29 is 28.7 Å². The Labute approximate surface area is 284 Å². The summed E-state index contributed by atoms with van der Waals surface area (Å²) in [7, 11) is 0. The van der Waals surface area contributed by atoms with Crippen LogP contribution in [0.2, 0.25) is 0 Å². The number of ether oxygens (including phenoxy) is 2. The van der Waals surface area contributed by atoms with E-state index in [1.807, 2.05) is 74.2 Å². The first-order valence-electron chi connectivity index (χ1n) is 16.4. The zero-order valence-electron chi connectivity index (χ0n) is 27.6. The number of nitrogens with zero attached hydrogens (tertiary/aromatic N) is 4. The number of rotatable bonds is 7. The number of likely N-dealkylation sites (tertiary alicyclic amines) is 1. The van der Waals surface area contributed by atoms with Crippen molar-refractivity contribution in [1.29, 1.82) is 0 Å². The third kappa shape index (κ3) is 7.02. The molecule has 2 aromatic heterocycles. The summed E-state index contributed by atoms with van der Waals surface area (Å²) in [6.45, 7) is 8.43. The van der Waals surface area contributed by atoms with Crippen molar-refractivity contribution in [2.24, 2.45) is 0 Å². The molecule has 2 N–H and O–H groups in total. The summed E-state index contributed by atoms with van der Waals surface area (Å²) in [5.41, 5.74) is 0.160. The van der Waals surface area contributed by atoms with Gasteiger partial charge in [0.15, 0.2) is 5.54 Å². The highest BCUT2D eigenvalue weighted by atomic mass is 32.1. The summed E-state index contributed by atoms with van der Waals surface area (Å²) in [5.74, 6) is -0.558. The second-order valence-electron chi connectivity index (χ2n) is 13.1. The van der Waals surface area contributed by atoms with Crippen LogP contribution in [-0.4, -0.2) is 100 Å². The number of cyclic esters (lactones) is 1. The van der Waals surface area contributed by atoms with Gasteiger partial charge in [0.05, 0.1) is 16.1 Å². The Morgan fingerprint density at radius 2 is 1.79 bits per heavy atom. The SMILES string of the molecule is CCNC(=O)Nc1sc(-c2ccccn2)cc1C(=O)N1CCC(N2CCN(C(=O)OCc3ccccc3)C3(C2)CC(C)(C)OC3=O)CC1. The summed E-state index contributed by atoms with van der Waals surface area (Å²) >= 11 is 1.32. The van der Waals surface area contributed by atoms with Gasteiger partial charge >= 0.3 is 18.1 Å². The molecule has 0 saturated carbocycles. The molecule has 0 bridgehead atoms. The van der Waals surface area contributed by atoms with Crippen LogP contribution in [0.25, 0.3) is 10.6 Å². The lowest BCUT2D eigenvalue weighted by atomic mass is 9.85. The van der Waals surface area contributed by atoms with E-state index in [9.17, 15) is 19.2 Å². The number of nitrogens with one attached hydrogen (secondary N) is 2. The van der Waals surface area contributed by atoms with Crippen molar-refractivity contribution in [2.75, 3.05) is 44.6 Å². The summed E-state index contributed by atoms with van der Waals surface area (Å²) < 4.78 is 11.5. The van der Waals surface area contributed by atoms with Crippen LogP contribution >= 0.6 is 11.3 Å². The van der Waals surface area contributed by atoms with Crippen molar-refractivity contribution in [3.63, 3.8) is 0 Å². The lowest BCUT2D eigenvalue weighted by Crippen LogP contribution is -2.68. The summed E-state index contributed by atoms with van der Waals surface area (Å²) in [6.07, 6.45) is 2.95. The number of piperidine rings is 1. The smallest absolute Gasteiger partial charge is 0.411 e. The lowest BCUT2D eigenvalue weighted by molar-refractivity contribution is -0.156. The number of carbonyl (C=O) groups is 4. The molecule has 1 atom stereocenters. The first-order chi connectivity index (χ1) is 23.1. The standard InChI is InChI=1S/C35H42N6O6S/c1-4-36-32(44)38-29-26(20-28(48-29)27-12-8-9-15-37-27)30(42)39-16-13-25(14-17-39)40-18-19-41(33(45)46-21-24-10-6-5-7-11-24)35(23-40)22-34(2,3)47-31(35)43/h5-12,15,20,25H,4,13-14,16-19,21-23H2,1-3H3,(H2,36,38,44). The highest BCUT2D eigenvalue weighted by Crippen LogP contribution is 2.42. The lowest BCUT2D eigenvalue weighted by Gasteiger charge is -2.49. The molecule has 3 aromatic rings. The predicted molar refractivity (Wildman–Crippen MR) is 182 cm³/mol. The number of urea groups is 1. The number of amides is 4. The average Bonchev–Trinajstić information content (AvgIpc) is 3.60. The highest BCUT2D eigenvalue weighted by Gasteiger charge is 2.60. The van der Waals surface area contributed by atoms with Crippen LogP contribution in [0.5, 0.6) is 0 Å². The van der Waals surface area contributed by atoms with E-state index in [4.69, 9.17) is 9.47 Å². The van der Waals surface area contributed by atoms with Gasteiger partial charge in [0, 0.05) is 57.9 Å². The third-order valence-corrected chi connectivity index (χ3v) is 10.3. The van der Waals surface area contributed by atoms with Gasteiger partial charge in [0.2, 0.25) is 0 Å². The molecule has 3 aliphatic rings. The summed E-state index contributed by atoms with van der Waals surface area (Å²) in [4.78, 5) is 64.2. The molecule has 48 heavy (non-hydrogen) atoms. The summed E-state index contributed by atoms with van der Waals surface area (Å²) in [5, 5.41) is 6.06. The molecule has 1 spiro atoms. The van der Waals surface area contributed by atoms with E-state index in [2.05, 4.69) is 20.5 Å². The monoisotopic (exact) mass is 674 g/mol. The van der Waals surface area contributed by atoms with Crippen LogP contribution in [0.3, 0.4) is 0 Å². The Hall–Kier alpha value is -4.49. The quantitative estimate of drug-likeness (QED) is 0.336. The van der Waals surface area contributed by atoms with Gasteiger partial charge in [-0.3, -0.25) is 24.9 Å². The van der Waals surface area contributed by atoms with Gasteiger partial charge in [-0.05, 0) is 57.4 Å². The molecule has 12 nitrogen and oxygen atoms in total. The minimum atomic E-state index is -1.15. The van der Waals surface area contributed by atoms with E-state index in [0.717, 1.165) is 16.1 Å². The second-order valence-corrected chi connectivity index (χ2v) is 14.1. The zero-order valence-corrected chi connectivity index (χ0v) is 28.4. The molecule has 13 heteroatoms. The fourth-order valence-corrected chi connectivity index (χ4v) is 8.01. The molecule has 5 heterocycles. The molecule has 3 saturated heterocycles. The Kier molecular flexibility index (Phi) is 9.70. The Balaban J connectivity index is 1.14. The first-order valence-corrected chi connectivity index (χ1v) is 17.3. The number of carbonyl (C=O) groups excluding carboxylic acids is 4. The topological polar surface area (TPSA) is 133 Å². The number of anilines is 1. The Morgan fingerprint density at radius 3 is 2.46 bits per heavy atom. The highest BCUT2D eigenvalue weighted by molar-refractivity contribution is 7.20. The third-order valence-electron chi connectivity index (χ3n) is 9.20. The maximum Gasteiger partial charge on any atom is 0.411 e. The van der Waals surface area contributed by atoms with Crippen LogP contribution in [0.15, 0.2) is 60.8 Å². The van der Waals surface area contributed by atoms with Crippen molar-refractivity contribution in [2.45, 2.75) is 63.8 Å². The molecule has 3 aliphatic heterocycles. The maximum atomic E-state index is 13.9. The fraction of sp³-hybridized carbons (Fsp3) is 0.457. The largest absolute Gasteiger partial charge is 0.458 e. The number of aromatic nitrogens is 1. The first kappa shape index (κ1) is 33.4. The van der Waals surface area contributed by atoms with Gasteiger partial charge in [-0.25, -0.2) is 14.4 Å². The molecular weight excluding hydrogens is 632 g/mol. The summed E-state index contributed by atoms with van der Waals surface area (Å²) in [6, 6.07) is 16.6. The van der Waals surface area contributed by atoms with Crippen LogP contribution in [-0.2, 0) is 20.9 Å². The number of hydrogen-bond acceptors (Lipinski definition) is 9. The maximum absolute atomic E-state index is 13.9. The molecule has 1 aromatic carbocycles. The van der Waals surface area contributed by atoms with Crippen LogP contribution in [0.4, 0.5) is 14.6 Å². The number of benzene rings is 1. The predicted octanol–water partition coefficient (Wildman–Crippen LogP) is 4.97. The molecule has 0 radical (unpaired) electrons. The van der Waals surface area contributed by atoms with E-state index in [1.54, 1.807) is 17.2 Å². The molecular formula is C35H42N6O6S. The molecule has 254 valence electrons. The number of piperazine rings is 1. The van der Waals surface area contributed by atoms with Gasteiger partial charge in [0.1, 0.15) is 17.2 Å². The van der Waals surface area contributed by atoms with E-state index >= 15 is 0 Å². The van der Waals surface area contributed by atoms with Crippen molar-refractivity contribution in [3.05, 3.63) is 71.9 Å². The normalized spacial score (nSPS) is 21.2. The molecule has 0 aliphatic carbocycles. The van der Waals surface area contributed by atoms with Crippen molar-refractivity contribution >= 4 is 40.3 Å². The van der Waals surface area contributed by atoms with Gasteiger partial charge in [-0.15, -0.1) is 11.3 Å². The van der Waals surface area contributed by atoms with Gasteiger partial charge in [-0.1, -0.05) is 36.4 Å². The van der Waals surface area contributed by atoms with E-state index in [1.165, 1.54) is 11.3 Å². The van der Waals surface area contributed by atoms with Crippen molar-refractivity contribution in [1.82, 2.24) is 25.0 Å².